The second-order valence-electron chi connectivity index (χ2n) is 13.2. The van der Waals surface area contributed by atoms with E-state index in [1.54, 1.807) is 4.90 Å². The molecule has 1 aliphatic heterocycles. The predicted octanol–water partition coefficient (Wildman–Crippen LogP) is 10.1. The fraction of sp³-hybridized carbons (Fsp3) is 0.970. The molecule has 0 aromatic heterocycles. The Hall–Kier alpha value is -0.810. The summed E-state index contributed by atoms with van der Waals surface area (Å²) >= 11 is 0. The van der Waals surface area contributed by atoms with Gasteiger partial charge in [-0.15, -0.1) is 0 Å². The van der Waals surface area contributed by atoms with Gasteiger partial charge in [0.1, 0.15) is 11.8 Å². The number of hydrogen-bond donors (Lipinski definition) is 0. The third kappa shape index (κ3) is 15.1. The average Bonchev–Trinajstić information content (AvgIpc) is 3.16. The van der Waals surface area contributed by atoms with Crippen LogP contribution in [0.25, 0.3) is 0 Å². The molecule has 5 nitrogen and oxygen atoms in total. The first-order valence-electron chi connectivity index (χ1n) is 16.3. The molecule has 1 unspecified atom stereocenters. The van der Waals surface area contributed by atoms with Crippen molar-refractivity contribution < 1.29 is 19.0 Å². The maximum absolute atomic E-state index is 13.2. The number of carbonyl (C=O) groups excluding carboxylic acids is 1. The number of hydrogen-bond acceptors (Lipinski definition) is 4. The van der Waals surface area contributed by atoms with Crippen molar-refractivity contribution in [2.45, 2.75) is 182 Å². The van der Waals surface area contributed by atoms with Crippen molar-refractivity contribution in [3.63, 3.8) is 0 Å². The Bertz CT molecular complexity index is 586. The molecule has 1 aliphatic rings. The topological polar surface area (TPSA) is 48.0 Å². The largest absolute Gasteiger partial charge is 0.445 e. The number of ether oxygens (including phenoxy) is 3. The standard InChI is InChI=1S/C33H65NO4/c1-8-10-11-12-13-14-15-16-17-18-19-20-21-22-23-24-26-36-27-29-28-37-33(6,7)34(29)31(35)38-30(25-9-2)32(3,4)5/h29-30H,8-28H2,1-7H3/t29-,30?/m1/s1. The molecule has 5 heteroatoms. The molecule has 0 saturated carbocycles. The molecule has 0 bridgehead atoms. The zero-order chi connectivity index (χ0) is 28.3. The van der Waals surface area contributed by atoms with E-state index in [4.69, 9.17) is 14.2 Å². The number of rotatable bonds is 22. The highest BCUT2D eigenvalue weighted by Crippen LogP contribution is 2.32. The summed E-state index contributed by atoms with van der Waals surface area (Å²) in [4.78, 5) is 14.9. The quantitative estimate of drug-likeness (QED) is 0.128. The number of carbonyl (C=O) groups is 1. The first-order chi connectivity index (χ1) is 18.1. The van der Waals surface area contributed by atoms with Gasteiger partial charge >= 0.3 is 6.09 Å². The second-order valence-corrected chi connectivity index (χ2v) is 13.2. The van der Waals surface area contributed by atoms with Gasteiger partial charge in [-0.1, -0.05) is 137 Å². The minimum absolute atomic E-state index is 0.0877. The number of unbranched alkanes of at least 4 members (excludes halogenated alkanes) is 15. The van der Waals surface area contributed by atoms with E-state index < -0.39 is 5.72 Å². The summed E-state index contributed by atoms with van der Waals surface area (Å²) in [7, 11) is 0. The predicted molar refractivity (Wildman–Crippen MR) is 161 cm³/mol. The molecule has 226 valence electrons. The van der Waals surface area contributed by atoms with E-state index in [0.29, 0.717) is 13.2 Å². The van der Waals surface area contributed by atoms with Gasteiger partial charge in [0.15, 0.2) is 0 Å². The zero-order valence-corrected chi connectivity index (χ0v) is 26.6. The van der Waals surface area contributed by atoms with E-state index in [1.807, 2.05) is 13.8 Å². The average molecular weight is 540 g/mol. The molecule has 38 heavy (non-hydrogen) atoms. The van der Waals surface area contributed by atoms with Gasteiger partial charge in [0.2, 0.25) is 0 Å². The summed E-state index contributed by atoms with van der Waals surface area (Å²) in [5.74, 6) is 0. The lowest BCUT2D eigenvalue weighted by Gasteiger charge is -2.37. The van der Waals surface area contributed by atoms with Gasteiger partial charge < -0.3 is 14.2 Å². The van der Waals surface area contributed by atoms with Crippen LogP contribution in [0.4, 0.5) is 4.79 Å². The van der Waals surface area contributed by atoms with Crippen molar-refractivity contribution in [1.29, 1.82) is 0 Å². The Kier molecular flexibility index (Phi) is 18.7. The lowest BCUT2D eigenvalue weighted by atomic mass is 9.86. The van der Waals surface area contributed by atoms with Crippen LogP contribution in [-0.2, 0) is 14.2 Å². The van der Waals surface area contributed by atoms with Crippen LogP contribution >= 0.6 is 0 Å². The highest BCUT2D eigenvalue weighted by Gasteiger charge is 2.46. The maximum atomic E-state index is 13.2. The number of amides is 1. The molecule has 0 aromatic rings. The third-order valence-electron chi connectivity index (χ3n) is 7.98. The molecule has 0 aliphatic carbocycles. The molecule has 0 N–H and O–H groups in total. The summed E-state index contributed by atoms with van der Waals surface area (Å²) in [6.07, 6.45) is 23.4. The lowest BCUT2D eigenvalue weighted by molar-refractivity contribution is -0.0685. The summed E-state index contributed by atoms with van der Waals surface area (Å²) in [5, 5.41) is 0. The van der Waals surface area contributed by atoms with Gasteiger partial charge in [-0.3, -0.25) is 4.90 Å². The highest BCUT2D eigenvalue weighted by molar-refractivity contribution is 5.69. The van der Waals surface area contributed by atoms with E-state index >= 15 is 0 Å². The van der Waals surface area contributed by atoms with Crippen LogP contribution in [0.2, 0.25) is 0 Å². The van der Waals surface area contributed by atoms with Gasteiger partial charge in [-0.05, 0) is 32.1 Å². The Morgan fingerprint density at radius 2 is 1.29 bits per heavy atom. The lowest BCUT2D eigenvalue weighted by Crippen LogP contribution is -2.51. The van der Waals surface area contributed by atoms with Crippen LogP contribution in [0.3, 0.4) is 0 Å². The third-order valence-corrected chi connectivity index (χ3v) is 7.98. The van der Waals surface area contributed by atoms with E-state index in [9.17, 15) is 4.79 Å². The highest BCUT2D eigenvalue weighted by atomic mass is 16.6. The zero-order valence-electron chi connectivity index (χ0n) is 26.6. The van der Waals surface area contributed by atoms with Gasteiger partial charge in [-0.25, -0.2) is 4.79 Å². The molecule has 2 atom stereocenters. The maximum Gasteiger partial charge on any atom is 0.412 e. The number of nitrogens with zero attached hydrogens (tertiary/aromatic N) is 1. The Labute approximate surface area is 237 Å². The molecule has 0 spiro atoms. The molecule has 1 heterocycles. The second kappa shape index (κ2) is 20.1. The Balaban J connectivity index is 2.10. The summed E-state index contributed by atoms with van der Waals surface area (Å²) in [5.41, 5.74) is -0.760. The van der Waals surface area contributed by atoms with Crippen LogP contribution in [-0.4, -0.2) is 48.7 Å². The van der Waals surface area contributed by atoms with Crippen LogP contribution in [0.1, 0.15) is 164 Å². The fourth-order valence-corrected chi connectivity index (χ4v) is 5.46. The molecule has 1 amide bonds. The monoisotopic (exact) mass is 539 g/mol. The molecular formula is C33H65NO4. The van der Waals surface area contributed by atoms with Crippen LogP contribution in [0.15, 0.2) is 0 Å². The Morgan fingerprint density at radius 1 is 0.816 bits per heavy atom. The fourth-order valence-electron chi connectivity index (χ4n) is 5.46. The SMILES string of the molecule is CCCCCCCCCCCCCCCCCCOC[C@@H]1COC(C)(C)N1C(=O)OC(CCC)C(C)(C)C. The van der Waals surface area contributed by atoms with Crippen molar-refractivity contribution in [1.82, 2.24) is 4.90 Å². The Morgan fingerprint density at radius 3 is 1.74 bits per heavy atom. The normalized spacial score (nSPS) is 18.2. The molecule has 1 saturated heterocycles. The molecule has 0 aromatic carbocycles. The first-order valence-corrected chi connectivity index (χ1v) is 16.3. The summed E-state index contributed by atoms with van der Waals surface area (Å²) < 4.78 is 17.9. The molecule has 0 radical (unpaired) electrons. The van der Waals surface area contributed by atoms with E-state index in [-0.39, 0.29) is 23.7 Å². The van der Waals surface area contributed by atoms with Gasteiger partial charge in [0.05, 0.1) is 19.3 Å². The molecule has 1 rings (SSSR count). The minimum Gasteiger partial charge on any atom is -0.445 e. The first kappa shape index (κ1) is 35.2. The van der Waals surface area contributed by atoms with Crippen LogP contribution in [0.5, 0.6) is 0 Å². The van der Waals surface area contributed by atoms with Crippen molar-refractivity contribution >= 4 is 6.09 Å². The van der Waals surface area contributed by atoms with Crippen molar-refractivity contribution in [3.8, 4) is 0 Å². The van der Waals surface area contributed by atoms with E-state index in [0.717, 1.165) is 25.9 Å². The summed E-state index contributed by atoms with van der Waals surface area (Å²) in [6, 6.07) is -0.0965. The van der Waals surface area contributed by atoms with Crippen LogP contribution in [0, 0.1) is 5.41 Å². The summed E-state index contributed by atoms with van der Waals surface area (Å²) in [6.45, 7) is 16.4. The van der Waals surface area contributed by atoms with Crippen molar-refractivity contribution in [2.24, 2.45) is 5.41 Å². The molecule has 1 fully saturated rings. The van der Waals surface area contributed by atoms with E-state index in [1.165, 1.54) is 96.3 Å². The van der Waals surface area contributed by atoms with Crippen LogP contribution < -0.4 is 0 Å². The van der Waals surface area contributed by atoms with E-state index in [2.05, 4.69) is 34.6 Å². The van der Waals surface area contributed by atoms with Gasteiger partial charge in [0.25, 0.3) is 0 Å². The van der Waals surface area contributed by atoms with Crippen molar-refractivity contribution in [2.75, 3.05) is 19.8 Å². The van der Waals surface area contributed by atoms with Gasteiger partial charge in [-0.2, -0.15) is 0 Å². The smallest absolute Gasteiger partial charge is 0.412 e. The van der Waals surface area contributed by atoms with Crippen molar-refractivity contribution in [3.05, 3.63) is 0 Å². The molecular weight excluding hydrogens is 474 g/mol. The van der Waals surface area contributed by atoms with Gasteiger partial charge in [0, 0.05) is 6.61 Å². The minimum atomic E-state index is -0.673.